The summed E-state index contributed by atoms with van der Waals surface area (Å²) in [5.41, 5.74) is -0.185. The molecule has 0 aliphatic rings. The molecule has 0 saturated heterocycles. The van der Waals surface area contributed by atoms with E-state index in [1.165, 1.54) is 11.1 Å². The summed E-state index contributed by atoms with van der Waals surface area (Å²) in [6.45, 7) is 0. The van der Waals surface area contributed by atoms with E-state index >= 15 is 0 Å². The Bertz CT molecular complexity index is 272. The third kappa shape index (κ3) is 1.72. The number of ether oxygens (including phenoxy) is 1. The molecule has 1 aromatic heterocycles. The van der Waals surface area contributed by atoms with Gasteiger partial charge >= 0.3 is 5.56 Å². The summed E-state index contributed by atoms with van der Waals surface area (Å²) in [7, 11) is 2.51. The van der Waals surface area contributed by atoms with E-state index in [1.54, 1.807) is 18.3 Å². The molecule has 0 unspecified atom stereocenters. The lowest BCUT2D eigenvalue weighted by molar-refractivity contribution is 0.407. The normalized spacial score (nSPS) is 9.64. The molecule has 11 heavy (non-hydrogen) atoms. The number of nitrogens with zero attached hydrogens (tertiary/aromatic N) is 1. The Hall–Kier alpha value is -0.550. The Morgan fingerprint density at radius 2 is 2.45 bits per heavy atom. The van der Waals surface area contributed by atoms with Gasteiger partial charge in [-0.15, -0.1) is 0 Å². The SMILES string of the molecule is COc1cccn(SS)c1=O. The Morgan fingerprint density at radius 1 is 1.73 bits per heavy atom. The minimum absolute atomic E-state index is 0.185. The molecule has 5 heteroatoms. The van der Waals surface area contributed by atoms with E-state index in [-0.39, 0.29) is 5.56 Å². The lowest BCUT2D eigenvalue weighted by Gasteiger charge is -2.01. The van der Waals surface area contributed by atoms with Crippen molar-refractivity contribution in [2.75, 3.05) is 7.11 Å². The zero-order valence-electron chi connectivity index (χ0n) is 5.85. The van der Waals surface area contributed by atoms with E-state index in [0.717, 1.165) is 11.0 Å². The molecular formula is C6H7NO2S2. The van der Waals surface area contributed by atoms with Gasteiger partial charge in [-0.3, -0.25) is 4.79 Å². The quantitative estimate of drug-likeness (QED) is 0.560. The zero-order chi connectivity index (χ0) is 8.27. The van der Waals surface area contributed by atoms with Gasteiger partial charge in [0.15, 0.2) is 5.75 Å². The number of hydrogen-bond acceptors (Lipinski definition) is 4. The summed E-state index contributed by atoms with van der Waals surface area (Å²) in [5.74, 6) is 0.328. The van der Waals surface area contributed by atoms with E-state index in [4.69, 9.17) is 4.74 Å². The third-order valence-corrected chi connectivity index (χ3v) is 2.18. The molecule has 3 nitrogen and oxygen atoms in total. The smallest absolute Gasteiger partial charge is 0.303 e. The summed E-state index contributed by atoms with van der Waals surface area (Å²) in [6.07, 6.45) is 1.63. The summed E-state index contributed by atoms with van der Waals surface area (Å²) in [5, 5.41) is 0. The van der Waals surface area contributed by atoms with Gasteiger partial charge < -0.3 is 4.74 Å². The molecule has 0 saturated carbocycles. The second-order valence-electron chi connectivity index (χ2n) is 1.79. The van der Waals surface area contributed by atoms with Gasteiger partial charge in [0.05, 0.1) is 7.11 Å². The van der Waals surface area contributed by atoms with E-state index in [0.29, 0.717) is 5.75 Å². The van der Waals surface area contributed by atoms with Crippen LogP contribution in [0.15, 0.2) is 23.1 Å². The van der Waals surface area contributed by atoms with Crippen LogP contribution in [0.3, 0.4) is 0 Å². The van der Waals surface area contributed by atoms with Crippen molar-refractivity contribution in [2.45, 2.75) is 0 Å². The van der Waals surface area contributed by atoms with Crippen LogP contribution in [0.25, 0.3) is 0 Å². The van der Waals surface area contributed by atoms with Crippen molar-refractivity contribution in [3.63, 3.8) is 0 Å². The molecule has 1 rings (SSSR count). The molecular weight excluding hydrogens is 182 g/mol. The van der Waals surface area contributed by atoms with Crippen LogP contribution in [0.5, 0.6) is 5.75 Å². The van der Waals surface area contributed by atoms with Gasteiger partial charge in [0.2, 0.25) is 0 Å². The minimum atomic E-state index is -0.185. The van der Waals surface area contributed by atoms with Crippen LogP contribution in [0.2, 0.25) is 0 Å². The summed E-state index contributed by atoms with van der Waals surface area (Å²) < 4.78 is 6.18. The van der Waals surface area contributed by atoms with E-state index < -0.39 is 0 Å². The Balaban J connectivity index is 3.21. The van der Waals surface area contributed by atoms with Crippen LogP contribution in [-0.4, -0.2) is 11.1 Å². The highest BCUT2D eigenvalue weighted by Gasteiger charge is 2.00. The van der Waals surface area contributed by atoms with Gasteiger partial charge in [0.25, 0.3) is 0 Å². The van der Waals surface area contributed by atoms with Gasteiger partial charge in [-0.25, -0.2) is 3.97 Å². The minimum Gasteiger partial charge on any atom is -0.491 e. The molecule has 1 heterocycles. The molecule has 0 radical (unpaired) electrons. The molecule has 0 bridgehead atoms. The standard InChI is InChI=1S/C6H7NO2S2/c1-9-5-3-2-4-7(11-10)6(5)8/h2-4,10H,1H3. The van der Waals surface area contributed by atoms with Gasteiger partial charge in [0.1, 0.15) is 0 Å². The first-order valence-electron chi connectivity index (χ1n) is 2.87. The Morgan fingerprint density at radius 3 is 3.00 bits per heavy atom. The molecule has 0 aliphatic heterocycles. The largest absolute Gasteiger partial charge is 0.491 e. The maximum absolute atomic E-state index is 11.2. The highest BCUT2D eigenvalue weighted by molar-refractivity contribution is 8.67. The zero-order valence-corrected chi connectivity index (χ0v) is 7.56. The van der Waals surface area contributed by atoms with E-state index in [2.05, 4.69) is 11.7 Å². The topological polar surface area (TPSA) is 31.2 Å². The van der Waals surface area contributed by atoms with Crippen LogP contribution < -0.4 is 10.3 Å². The Kier molecular flexibility index (Phi) is 2.90. The maximum atomic E-state index is 11.2. The van der Waals surface area contributed by atoms with Gasteiger partial charge in [0, 0.05) is 17.2 Å². The van der Waals surface area contributed by atoms with Gasteiger partial charge in [-0.2, -0.15) is 0 Å². The highest BCUT2D eigenvalue weighted by Crippen LogP contribution is 2.09. The van der Waals surface area contributed by atoms with Gasteiger partial charge in [-0.1, -0.05) is 11.7 Å². The number of thiol groups is 1. The number of pyridine rings is 1. The molecule has 0 fully saturated rings. The van der Waals surface area contributed by atoms with Crippen molar-refractivity contribution in [3.05, 3.63) is 28.7 Å². The molecule has 0 atom stereocenters. The Labute approximate surface area is 73.3 Å². The van der Waals surface area contributed by atoms with E-state index in [1.807, 2.05) is 0 Å². The first-order chi connectivity index (χ1) is 5.29. The molecule has 0 aliphatic carbocycles. The number of rotatable bonds is 2. The third-order valence-electron chi connectivity index (χ3n) is 1.19. The van der Waals surface area contributed by atoms with Crippen molar-refractivity contribution < 1.29 is 4.74 Å². The van der Waals surface area contributed by atoms with Crippen LogP contribution in [0, 0.1) is 0 Å². The lowest BCUT2D eigenvalue weighted by Crippen LogP contribution is -2.14. The maximum Gasteiger partial charge on any atom is 0.303 e. The number of aromatic nitrogens is 1. The lowest BCUT2D eigenvalue weighted by atomic mass is 10.5. The molecule has 0 aromatic carbocycles. The monoisotopic (exact) mass is 189 g/mol. The average molecular weight is 189 g/mol. The highest BCUT2D eigenvalue weighted by atomic mass is 33.1. The second-order valence-corrected chi connectivity index (χ2v) is 2.84. The summed E-state index contributed by atoms with van der Waals surface area (Å²) in [4.78, 5) is 11.2. The van der Waals surface area contributed by atoms with Gasteiger partial charge in [-0.05, 0) is 12.1 Å². The van der Waals surface area contributed by atoms with Crippen molar-refractivity contribution >= 4 is 22.6 Å². The fraction of sp³-hybridized carbons (Fsp3) is 0.167. The van der Waals surface area contributed by atoms with Crippen molar-refractivity contribution in [1.82, 2.24) is 3.97 Å². The molecule has 0 N–H and O–H groups in total. The van der Waals surface area contributed by atoms with Crippen molar-refractivity contribution in [2.24, 2.45) is 0 Å². The first kappa shape index (κ1) is 8.55. The van der Waals surface area contributed by atoms with Crippen molar-refractivity contribution in [3.8, 4) is 5.75 Å². The summed E-state index contributed by atoms with van der Waals surface area (Å²) >= 11 is 3.89. The second kappa shape index (κ2) is 3.73. The molecule has 0 amide bonds. The fourth-order valence-corrected chi connectivity index (χ4v) is 1.35. The molecule has 60 valence electrons. The average Bonchev–Trinajstić information content (AvgIpc) is 2.05. The van der Waals surface area contributed by atoms with Crippen LogP contribution in [-0.2, 0) is 0 Å². The number of hydrogen-bond donors (Lipinski definition) is 1. The predicted octanol–water partition coefficient (Wildman–Crippen LogP) is 1.20. The fourth-order valence-electron chi connectivity index (χ4n) is 0.676. The van der Waals surface area contributed by atoms with Crippen LogP contribution >= 0.6 is 22.6 Å². The van der Waals surface area contributed by atoms with Crippen molar-refractivity contribution in [1.29, 1.82) is 0 Å². The van der Waals surface area contributed by atoms with Crippen LogP contribution in [0.1, 0.15) is 0 Å². The summed E-state index contributed by atoms with van der Waals surface area (Å²) in [6, 6.07) is 3.34. The molecule has 0 spiro atoms. The van der Waals surface area contributed by atoms with Crippen LogP contribution in [0.4, 0.5) is 0 Å². The van der Waals surface area contributed by atoms with E-state index in [9.17, 15) is 4.79 Å². The number of methoxy groups -OCH3 is 1. The first-order valence-corrected chi connectivity index (χ1v) is 4.69. The predicted molar refractivity (Wildman–Crippen MR) is 49.2 cm³/mol. The molecule has 1 aromatic rings.